The third-order valence-corrected chi connectivity index (χ3v) is 4.34. The van der Waals surface area contributed by atoms with Crippen LogP contribution in [0, 0.1) is 27.7 Å². The predicted octanol–water partition coefficient (Wildman–Crippen LogP) is 4.19. The molecule has 0 unspecified atom stereocenters. The predicted molar refractivity (Wildman–Crippen MR) is 103 cm³/mol. The summed E-state index contributed by atoms with van der Waals surface area (Å²) in [5.41, 5.74) is 5.09. The second kappa shape index (κ2) is 6.22. The van der Waals surface area contributed by atoms with Gasteiger partial charge in [-0.1, -0.05) is 18.2 Å². The maximum Gasteiger partial charge on any atom is 0.156 e. The van der Waals surface area contributed by atoms with E-state index < -0.39 is 0 Å². The average Bonchev–Trinajstić information content (AvgIpc) is 2.98. The molecule has 0 atom stereocenters. The van der Waals surface area contributed by atoms with Gasteiger partial charge < -0.3 is 5.32 Å². The molecule has 0 saturated heterocycles. The summed E-state index contributed by atoms with van der Waals surface area (Å²) in [7, 11) is 0. The topological polar surface area (TPSA) is 68.5 Å². The molecule has 3 aromatic heterocycles. The van der Waals surface area contributed by atoms with Crippen molar-refractivity contribution in [2.24, 2.45) is 0 Å². The van der Waals surface area contributed by atoms with E-state index >= 15 is 0 Å². The fourth-order valence-corrected chi connectivity index (χ4v) is 3.01. The molecule has 4 aromatic rings. The van der Waals surface area contributed by atoms with Gasteiger partial charge in [-0.05, 0) is 57.0 Å². The molecular weight excluding hydrogens is 324 g/mol. The van der Waals surface area contributed by atoms with Gasteiger partial charge in [0.15, 0.2) is 11.6 Å². The number of nitrogens with one attached hydrogen (secondary N) is 1. The fourth-order valence-electron chi connectivity index (χ4n) is 3.01. The summed E-state index contributed by atoms with van der Waals surface area (Å²) in [6, 6.07) is 14.1. The molecule has 0 aliphatic rings. The number of hydrogen-bond donors (Lipinski definition) is 1. The molecule has 1 aromatic carbocycles. The van der Waals surface area contributed by atoms with Crippen molar-refractivity contribution in [1.29, 1.82) is 0 Å². The number of nitrogens with zero attached hydrogens (tertiary/aromatic N) is 5. The van der Waals surface area contributed by atoms with Gasteiger partial charge in [-0.25, -0.2) is 4.98 Å². The number of aromatic nitrogens is 5. The lowest BCUT2D eigenvalue weighted by Gasteiger charge is -2.11. The zero-order valence-electron chi connectivity index (χ0n) is 15.3. The average molecular weight is 344 g/mol. The van der Waals surface area contributed by atoms with Gasteiger partial charge in [-0.3, -0.25) is 0 Å². The molecule has 0 radical (unpaired) electrons. The van der Waals surface area contributed by atoms with Crippen molar-refractivity contribution in [2.75, 3.05) is 5.32 Å². The largest absolute Gasteiger partial charge is 0.323 e. The SMILES string of the molecule is Cc1ccc(Nc2cc(C)nn2-c2cc(C)c3cccc(C)c3n2)nn1. The van der Waals surface area contributed by atoms with Crippen LogP contribution < -0.4 is 5.32 Å². The molecule has 0 spiro atoms. The van der Waals surface area contributed by atoms with Gasteiger partial charge in [0.1, 0.15) is 5.82 Å². The second-order valence-corrected chi connectivity index (χ2v) is 6.54. The number of benzene rings is 1. The van der Waals surface area contributed by atoms with E-state index in [0.717, 1.165) is 39.5 Å². The summed E-state index contributed by atoms with van der Waals surface area (Å²) in [6.45, 7) is 8.05. The van der Waals surface area contributed by atoms with E-state index in [0.29, 0.717) is 5.82 Å². The molecule has 1 N–H and O–H groups in total. The van der Waals surface area contributed by atoms with Crippen molar-refractivity contribution in [3.05, 3.63) is 65.0 Å². The summed E-state index contributed by atoms with van der Waals surface area (Å²) in [6.07, 6.45) is 0. The van der Waals surface area contributed by atoms with Gasteiger partial charge in [0, 0.05) is 11.5 Å². The first-order chi connectivity index (χ1) is 12.5. The number of rotatable bonds is 3. The Morgan fingerprint density at radius 2 is 1.69 bits per heavy atom. The Kier molecular flexibility index (Phi) is 3.88. The molecule has 130 valence electrons. The summed E-state index contributed by atoms with van der Waals surface area (Å²) in [4.78, 5) is 4.86. The van der Waals surface area contributed by atoms with E-state index in [-0.39, 0.29) is 0 Å². The van der Waals surface area contributed by atoms with Crippen molar-refractivity contribution in [3.63, 3.8) is 0 Å². The van der Waals surface area contributed by atoms with Gasteiger partial charge >= 0.3 is 0 Å². The molecule has 0 amide bonds. The quantitative estimate of drug-likeness (QED) is 0.603. The highest BCUT2D eigenvalue weighted by molar-refractivity contribution is 5.85. The molecular formula is C20H20N6. The van der Waals surface area contributed by atoms with Crippen molar-refractivity contribution >= 4 is 22.5 Å². The van der Waals surface area contributed by atoms with E-state index in [2.05, 4.69) is 58.7 Å². The summed E-state index contributed by atoms with van der Waals surface area (Å²) in [5, 5.41) is 17.3. The lowest BCUT2D eigenvalue weighted by molar-refractivity contribution is 0.840. The molecule has 0 bridgehead atoms. The first-order valence-electron chi connectivity index (χ1n) is 8.52. The molecule has 0 aliphatic carbocycles. The fraction of sp³-hybridized carbons (Fsp3) is 0.200. The number of pyridine rings is 1. The summed E-state index contributed by atoms with van der Waals surface area (Å²) in [5.74, 6) is 2.26. The van der Waals surface area contributed by atoms with E-state index in [1.807, 2.05) is 36.7 Å². The Balaban J connectivity index is 1.82. The minimum Gasteiger partial charge on any atom is -0.323 e. The summed E-state index contributed by atoms with van der Waals surface area (Å²) < 4.78 is 1.82. The number of para-hydroxylation sites is 1. The van der Waals surface area contributed by atoms with Gasteiger partial charge in [-0.15, -0.1) is 5.10 Å². The molecule has 6 heteroatoms. The van der Waals surface area contributed by atoms with Crippen LogP contribution in [0.25, 0.3) is 16.7 Å². The number of fused-ring (bicyclic) bond motifs is 1. The Morgan fingerprint density at radius 1 is 0.846 bits per heavy atom. The lowest BCUT2D eigenvalue weighted by atomic mass is 10.1. The first kappa shape index (κ1) is 16.2. The van der Waals surface area contributed by atoms with Crippen molar-refractivity contribution in [1.82, 2.24) is 25.0 Å². The van der Waals surface area contributed by atoms with Crippen LogP contribution in [0.1, 0.15) is 22.5 Å². The second-order valence-electron chi connectivity index (χ2n) is 6.54. The highest BCUT2D eigenvalue weighted by Gasteiger charge is 2.12. The Morgan fingerprint density at radius 3 is 2.46 bits per heavy atom. The number of anilines is 2. The Labute approximate surface area is 151 Å². The molecule has 26 heavy (non-hydrogen) atoms. The van der Waals surface area contributed by atoms with E-state index in [9.17, 15) is 0 Å². The van der Waals surface area contributed by atoms with Gasteiger partial charge in [-0.2, -0.15) is 14.9 Å². The van der Waals surface area contributed by atoms with Gasteiger partial charge in [0.25, 0.3) is 0 Å². The van der Waals surface area contributed by atoms with E-state index in [1.165, 1.54) is 5.56 Å². The van der Waals surface area contributed by atoms with Gasteiger partial charge in [0.2, 0.25) is 0 Å². The van der Waals surface area contributed by atoms with E-state index in [4.69, 9.17) is 4.98 Å². The van der Waals surface area contributed by atoms with Crippen molar-refractivity contribution in [3.8, 4) is 5.82 Å². The van der Waals surface area contributed by atoms with Crippen molar-refractivity contribution < 1.29 is 0 Å². The summed E-state index contributed by atoms with van der Waals surface area (Å²) >= 11 is 0. The molecule has 0 fully saturated rings. The Bertz CT molecular complexity index is 1100. The van der Waals surface area contributed by atoms with Crippen LogP contribution >= 0.6 is 0 Å². The Hall–Kier alpha value is -3.28. The molecule has 0 saturated carbocycles. The molecule has 3 heterocycles. The highest BCUT2D eigenvalue weighted by atomic mass is 15.4. The normalized spacial score (nSPS) is 11.1. The van der Waals surface area contributed by atoms with Crippen LogP contribution in [0.4, 0.5) is 11.6 Å². The minimum absolute atomic E-state index is 0.672. The molecule has 4 rings (SSSR count). The zero-order chi connectivity index (χ0) is 18.3. The third kappa shape index (κ3) is 2.90. The monoisotopic (exact) mass is 344 g/mol. The van der Waals surface area contributed by atoms with Crippen LogP contribution in [0.3, 0.4) is 0 Å². The van der Waals surface area contributed by atoms with Crippen LogP contribution in [-0.4, -0.2) is 25.0 Å². The van der Waals surface area contributed by atoms with E-state index in [1.54, 1.807) is 0 Å². The maximum atomic E-state index is 4.86. The highest BCUT2D eigenvalue weighted by Crippen LogP contribution is 2.25. The molecule has 6 nitrogen and oxygen atoms in total. The molecule has 0 aliphatic heterocycles. The van der Waals surface area contributed by atoms with Gasteiger partial charge in [0.05, 0.1) is 16.9 Å². The van der Waals surface area contributed by atoms with Crippen LogP contribution in [0.2, 0.25) is 0 Å². The van der Waals surface area contributed by atoms with Crippen LogP contribution in [-0.2, 0) is 0 Å². The van der Waals surface area contributed by atoms with Crippen molar-refractivity contribution in [2.45, 2.75) is 27.7 Å². The lowest BCUT2D eigenvalue weighted by Crippen LogP contribution is -2.07. The number of hydrogen-bond acceptors (Lipinski definition) is 5. The van der Waals surface area contributed by atoms with Crippen LogP contribution in [0.15, 0.2) is 42.5 Å². The first-order valence-corrected chi connectivity index (χ1v) is 8.52. The smallest absolute Gasteiger partial charge is 0.156 e. The minimum atomic E-state index is 0.672. The maximum absolute atomic E-state index is 4.86. The zero-order valence-corrected chi connectivity index (χ0v) is 15.3. The standard InChI is InChI=1S/C20H20N6/c1-12-6-5-7-16-13(2)10-18(22-20(12)16)26-19(11-15(4)25-26)21-17-9-8-14(3)23-24-17/h5-11H,1-4H3,(H,21,24). The van der Waals surface area contributed by atoms with Crippen LogP contribution in [0.5, 0.6) is 0 Å². The number of aryl methyl sites for hydroxylation is 4. The third-order valence-electron chi connectivity index (χ3n) is 4.34.